The van der Waals surface area contributed by atoms with Gasteiger partial charge in [-0.05, 0) is 38.4 Å². The van der Waals surface area contributed by atoms with Crippen molar-refractivity contribution >= 4 is 5.82 Å². The van der Waals surface area contributed by atoms with E-state index < -0.39 is 0 Å². The predicted molar refractivity (Wildman–Crippen MR) is 78.6 cm³/mol. The van der Waals surface area contributed by atoms with E-state index >= 15 is 0 Å². The maximum Gasteiger partial charge on any atom is 0.128 e. The lowest BCUT2D eigenvalue weighted by molar-refractivity contribution is 0.0529. The van der Waals surface area contributed by atoms with Crippen molar-refractivity contribution in [3.05, 3.63) is 23.9 Å². The molecule has 2 atom stereocenters. The van der Waals surface area contributed by atoms with Crippen molar-refractivity contribution in [3.63, 3.8) is 0 Å². The highest BCUT2D eigenvalue weighted by Crippen LogP contribution is 2.18. The molecule has 1 aromatic rings. The van der Waals surface area contributed by atoms with Crippen LogP contribution in [0, 0.1) is 0 Å². The van der Waals surface area contributed by atoms with E-state index in [1.54, 1.807) is 0 Å². The van der Waals surface area contributed by atoms with E-state index in [0.717, 1.165) is 38.5 Å². The number of rotatable bonds is 5. The number of hydrogen-bond donors (Lipinski definition) is 1. The molecule has 2 rings (SSSR count). The van der Waals surface area contributed by atoms with Gasteiger partial charge in [-0.2, -0.15) is 0 Å². The van der Waals surface area contributed by atoms with Gasteiger partial charge in [-0.25, -0.2) is 4.98 Å². The van der Waals surface area contributed by atoms with Crippen LogP contribution in [0.3, 0.4) is 0 Å². The summed E-state index contributed by atoms with van der Waals surface area (Å²) in [5, 5.41) is 3.48. The molecule has 1 fully saturated rings. The first-order valence-electron chi connectivity index (χ1n) is 7.26. The first kappa shape index (κ1) is 14.3. The van der Waals surface area contributed by atoms with Crippen molar-refractivity contribution in [2.75, 3.05) is 31.1 Å². The lowest BCUT2D eigenvalue weighted by Gasteiger charge is -2.32. The second kappa shape index (κ2) is 6.87. The lowest BCUT2D eigenvalue weighted by atomic mass is 10.1. The van der Waals surface area contributed by atoms with Gasteiger partial charge in [-0.3, -0.25) is 0 Å². The molecular weight excluding hydrogens is 238 g/mol. The number of anilines is 1. The standard InChI is InChI=1S/C15H25N3O/c1-4-7-16-13(3)14-5-6-15(17-10-14)18-8-9-19-12(2)11-18/h5-6,10,12-13,16H,4,7-9,11H2,1-3H3. The summed E-state index contributed by atoms with van der Waals surface area (Å²) in [7, 11) is 0. The fraction of sp³-hybridized carbons (Fsp3) is 0.667. The third-order valence-corrected chi connectivity index (χ3v) is 3.54. The topological polar surface area (TPSA) is 37.4 Å². The molecule has 0 saturated carbocycles. The lowest BCUT2D eigenvalue weighted by Crippen LogP contribution is -2.41. The second-order valence-electron chi connectivity index (χ2n) is 5.25. The summed E-state index contributed by atoms with van der Waals surface area (Å²) in [5.41, 5.74) is 1.25. The first-order valence-corrected chi connectivity index (χ1v) is 7.26. The molecule has 0 spiro atoms. The second-order valence-corrected chi connectivity index (χ2v) is 5.25. The van der Waals surface area contributed by atoms with Crippen molar-refractivity contribution in [3.8, 4) is 0 Å². The number of ether oxygens (including phenoxy) is 1. The summed E-state index contributed by atoms with van der Waals surface area (Å²) in [4.78, 5) is 6.89. The van der Waals surface area contributed by atoms with Crippen LogP contribution in [0.25, 0.3) is 0 Å². The van der Waals surface area contributed by atoms with Crippen LogP contribution in [0.5, 0.6) is 0 Å². The third-order valence-electron chi connectivity index (χ3n) is 3.54. The molecule has 106 valence electrons. The van der Waals surface area contributed by atoms with Gasteiger partial charge in [0.25, 0.3) is 0 Å². The minimum atomic E-state index is 0.292. The van der Waals surface area contributed by atoms with Gasteiger partial charge in [0, 0.05) is 25.3 Å². The smallest absolute Gasteiger partial charge is 0.128 e. The molecular formula is C15H25N3O. The Balaban J connectivity index is 1.97. The molecule has 0 radical (unpaired) electrons. The molecule has 4 nitrogen and oxygen atoms in total. The number of morpholine rings is 1. The van der Waals surface area contributed by atoms with E-state index in [9.17, 15) is 0 Å². The number of hydrogen-bond acceptors (Lipinski definition) is 4. The quantitative estimate of drug-likeness (QED) is 0.885. The Morgan fingerprint density at radius 2 is 2.37 bits per heavy atom. The Bertz CT molecular complexity index is 379. The molecule has 1 saturated heterocycles. The van der Waals surface area contributed by atoms with Crippen molar-refractivity contribution in [2.45, 2.75) is 39.3 Å². The van der Waals surface area contributed by atoms with E-state index in [1.165, 1.54) is 5.56 Å². The van der Waals surface area contributed by atoms with E-state index in [-0.39, 0.29) is 0 Å². The van der Waals surface area contributed by atoms with E-state index in [2.05, 4.69) is 48.1 Å². The van der Waals surface area contributed by atoms with Crippen LogP contribution in [-0.2, 0) is 4.74 Å². The highest BCUT2D eigenvalue weighted by Gasteiger charge is 2.17. The monoisotopic (exact) mass is 263 g/mol. The molecule has 1 aliphatic rings. The summed E-state index contributed by atoms with van der Waals surface area (Å²) in [6, 6.07) is 4.66. The van der Waals surface area contributed by atoms with Gasteiger partial charge >= 0.3 is 0 Å². The van der Waals surface area contributed by atoms with Crippen LogP contribution >= 0.6 is 0 Å². The molecule has 0 aliphatic carbocycles. The average molecular weight is 263 g/mol. The van der Waals surface area contributed by atoms with Gasteiger partial charge in [-0.1, -0.05) is 13.0 Å². The van der Waals surface area contributed by atoms with Crippen molar-refractivity contribution < 1.29 is 4.74 Å². The first-order chi connectivity index (χ1) is 9.20. The Morgan fingerprint density at radius 1 is 1.53 bits per heavy atom. The molecule has 4 heteroatoms. The Kier molecular flexibility index (Phi) is 5.16. The Morgan fingerprint density at radius 3 is 3.00 bits per heavy atom. The molecule has 1 aromatic heterocycles. The average Bonchev–Trinajstić information content (AvgIpc) is 2.45. The van der Waals surface area contributed by atoms with Crippen LogP contribution in [0.1, 0.15) is 38.8 Å². The number of pyridine rings is 1. The molecule has 0 bridgehead atoms. The fourth-order valence-electron chi connectivity index (χ4n) is 2.35. The molecule has 0 amide bonds. The number of nitrogens with one attached hydrogen (secondary N) is 1. The van der Waals surface area contributed by atoms with E-state index in [1.807, 2.05) is 6.20 Å². The zero-order valence-corrected chi connectivity index (χ0v) is 12.2. The van der Waals surface area contributed by atoms with Crippen molar-refractivity contribution in [1.29, 1.82) is 0 Å². The predicted octanol–water partition coefficient (Wildman–Crippen LogP) is 2.37. The molecule has 1 N–H and O–H groups in total. The zero-order valence-electron chi connectivity index (χ0n) is 12.2. The minimum Gasteiger partial charge on any atom is -0.375 e. The summed E-state index contributed by atoms with van der Waals surface area (Å²) in [5.74, 6) is 1.06. The maximum absolute atomic E-state index is 5.56. The van der Waals surface area contributed by atoms with Gasteiger partial charge in [0.1, 0.15) is 5.82 Å². The molecule has 1 aliphatic heterocycles. The van der Waals surface area contributed by atoms with Gasteiger partial charge < -0.3 is 15.0 Å². The van der Waals surface area contributed by atoms with Gasteiger partial charge in [0.15, 0.2) is 0 Å². The van der Waals surface area contributed by atoms with Crippen molar-refractivity contribution in [2.24, 2.45) is 0 Å². The van der Waals surface area contributed by atoms with Gasteiger partial charge in [-0.15, -0.1) is 0 Å². The maximum atomic E-state index is 5.56. The number of nitrogens with zero attached hydrogens (tertiary/aromatic N) is 2. The van der Waals surface area contributed by atoms with E-state index in [4.69, 9.17) is 4.74 Å². The van der Waals surface area contributed by atoms with Crippen LogP contribution in [0.15, 0.2) is 18.3 Å². The van der Waals surface area contributed by atoms with Crippen LogP contribution in [0.2, 0.25) is 0 Å². The van der Waals surface area contributed by atoms with Crippen LogP contribution in [-0.4, -0.2) is 37.3 Å². The molecule has 2 unspecified atom stereocenters. The summed E-state index contributed by atoms with van der Waals surface area (Å²) >= 11 is 0. The van der Waals surface area contributed by atoms with E-state index in [0.29, 0.717) is 12.1 Å². The third kappa shape index (κ3) is 3.91. The number of aromatic nitrogens is 1. The van der Waals surface area contributed by atoms with Crippen molar-refractivity contribution in [1.82, 2.24) is 10.3 Å². The Labute approximate surface area is 116 Å². The molecule has 19 heavy (non-hydrogen) atoms. The SMILES string of the molecule is CCCNC(C)c1ccc(N2CCOC(C)C2)nc1. The Hall–Kier alpha value is -1.13. The molecule has 0 aromatic carbocycles. The normalized spacial score (nSPS) is 21.4. The highest BCUT2D eigenvalue weighted by molar-refractivity contribution is 5.40. The molecule has 2 heterocycles. The fourth-order valence-corrected chi connectivity index (χ4v) is 2.35. The van der Waals surface area contributed by atoms with Gasteiger partial charge in [0.05, 0.1) is 12.7 Å². The van der Waals surface area contributed by atoms with Crippen LogP contribution in [0.4, 0.5) is 5.82 Å². The largest absolute Gasteiger partial charge is 0.375 e. The summed E-state index contributed by atoms with van der Waals surface area (Å²) in [6.45, 7) is 10.2. The van der Waals surface area contributed by atoms with Gasteiger partial charge in [0.2, 0.25) is 0 Å². The summed E-state index contributed by atoms with van der Waals surface area (Å²) < 4.78 is 5.56. The van der Waals surface area contributed by atoms with Crippen LogP contribution < -0.4 is 10.2 Å². The zero-order chi connectivity index (χ0) is 13.7. The summed E-state index contributed by atoms with van der Waals surface area (Å²) in [6.07, 6.45) is 3.44. The minimum absolute atomic E-state index is 0.292. The highest BCUT2D eigenvalue weighted by atomic mass is 16.5.